The number of methoxy groups -OCH3 is 2. The molecule has 2 saturated heterocycles. The number of amides is 4. The van der Waals surface area contributed by atoms with E-state index in [1.165, 1.54) is 21.9 Å². The Morgan fingerprint density at radius 2 is 1.70 bits per heavy atom. The Hall–Kier alpha value is -6.84. The Bertz CT molecular complexity index is 3270. The summed E-state index contributed by atoms with van der Waals surface area (Å²) in [5, 5.41) is 5.41. The number of nitrogens with one attached hydrogen (secondary N) is 2. The van der Waals surface area contributed by atoms with Crippen LogP contribution in [-0.4, -0.2) is 147 Å². The number of likely N-dealkylation sites (N-methyl/N-ethyl adjacent to an activating group) is 2. The number of nitrogens with zero attached hydrogens (tertiary/aromatic N) is 6. The summed E-state index contributed by atoms with van der Waals surface area (Å²) in [4.78, 5) is 94.6. The summed E-state index contributed by atoms with van der Waals surface area (Å²) < 4.78 is 40.6. The van der Waals surface area contributed by atoms with E-state index in [1.54, 1.807) is 43.8 Å². The first-order valence-electron chi connectivity index (χ1n) is 29.1. The van der Waals surface area contributed by atoms with Gasteiger partial charge in [-0.1, -0.05) is 56.5 Å². The minimum Gasteiger partial charge on any atom is -0.593 e. The lowest BCUT2D eigenvalue weighted by Crippen LogP contribution is -2.62. The number of aromatic nitrogens is 2. The van der Waals surface area contributed by atoms with E-state index in [4.69, 9.17) is 23.9 Å². The van der Waals surface area contributed by atoms with E-state index in [0.29, 0.717) is 54.7 Å². The van der Waals surface area contributed by atoms with Crippen molar-refractivity contribution in [1.82, 2.24) is 39.4 Å². The molecule has 4 amide bonds. The second-order valence-electron chi connectivity index (χ2n) is 24.0. The molecule has 5 aromatic rings. The molecule has 3 aliphatic heterocycles. The molecule has 2 aliphatic carbocycles. The summed E-state index contributed by atoms with van der Waals surface area (Å²) in [6.45, 7) is 10.7. The molecule has 8 atom stereocenters. The fourth-order valence-electron chi connectivity index (χ4n) is 12.6. The summed E-state index contributed by atoms with van der Waals surface area (Å²) in [5.74, 6) is -2.25. The highest BCUT2D eigenvalue weighted by atomic mass is 32.2. The first-order chi connectivity index (χ1) is 39.8. The number of pyridine rings is 1. The molecule has 6 bridgehead atoms. The lowest BCUT2D eigenvalue weighted by Gasteiger charge is -2.37. The minimum absolute atomic E-state index is 0.0624. The van der Waals surface area contributed by atoms with Crippen LogP contribution in [-0.2, 0) is 68.9 Å². The second-order valence-corrected chi connectivity index (χ2v) is 25.3. The number of cyclic esters (lactones) is 1. The van der Waals surface area contributed by atoms with Crippen LogP contribution >= 0.6 is 0 Å². The van der Waals surface area contributed by atoms with Crippen molar-refractivity contribution in [3.63, 3.8) is 0 Å². The fourth-order valence-corrected chi connectivity index (χ4v) is 14.1. The number of benzene rings is 3. The smallest absolute Gasteiger partial charge is 0.513 e. The van der Waals surface area contributed by atoms with Crippen molar-refractivity contribution in [1.29, 1.82) is 0 Å². The van der Waals surface area contributed by atoms with Gasteiger partial charge in [-0.15, -0.1) is 4.31 Å². The van der Waals surface area contributed by atoms with E-state index in [1.807, 2.05) is 56.3 Å². The number of fused-ring (bicyclic) bond motifs is 6. The molecule has 5 heterocycles. The van der Waals surface area contributed by atoms with E-state index < -0.39 is 70.8 Å². The van der Waals surface area contributed by atoms with Crippen LogP contribution in [0.15, 0.2) is 83.9 Å². The van der Waals surface area contributed by atoms with Gasteiger partial charge in [0, 0.05) is 68.8 Å². The van der Waals surface area contributed by atoms with Crippen molar-refractivity contribution in [3.05, 3.63) is 101 Å². The van der Waals surface area contributed by atoms with Crippen molar-refractivity contribution in [2.45, 2.75) is 147 Å². The highest BCUT2D eigenvalue weighted by molar-refractivity contribution is 7.89. The SMILES string of the molecule is CCn1c(-c2cccnc2[C@H](C)OC)c2c3cc(ccc31)-c1cc(cc(OC(=O)OC)c1)C[C@H](NC(=O)[C@H](C1CCCC1)N(C)C(=O)CN(C)C(=O)[C@H]1[C@@H](C3CC3)N1[S+]([O-])c1ccc(C)cc1)C(=O)N1CCC[C@H](N1)C(=O)OCC(C)(C)C2. The van der Waals surface area contributed by atoms with Crippen molar-refractivity contribution in [2.24, 2.45) is 17.3 Å². The van der Waals surface area contributed by atoms with Crippen LogP contribution in [0.5, 0.6) is 5.75 Å². The van der Waals surface area contributed by atoms with Crippen LogP contribution in [0.2, 0.25) is 0 Å². The summed E-state index contributed by atoms with van der Waals surface area (Å²) in [6, 6.07) is 18.8. The van der Waals surface area contributed by atoms with Gasteiger partial charge in [0.05, 0.1) is 55.2 Å². The molecule has 10 rings (SSSR count). The Labute approximate surface area is 489 Å². The maximum absolute atomic E-state index is 15.3. The van der Waals surface area contributed by atoms with Gasteiger partial charge in [0.25, 0.3) is 5.91 Å². The zero-order valence-electron chi connectivity index (χ0n) is 49.1. The predicted molar refractivity (Wildman–Crippen MR) is 313 cm³/mol. The zero-order valence-corrected chi connectivity index (χ0v) is 49.9. The quantitative estimate of drug-likeness (QED) is 0.0442. The Morgan fingerprint density at radius 3 is 2.40 bits per heavy atom. The number of carbonyl (C=O) groups excluding carboxylic acids is 6. The molecule has 2 unspecified atom stereocenters. The highest BCUT2D eigenvalue weighted by Gasteiger charge is 2.66. The third-order valence-corrected chi connectivity index (χ3v) is 18.8. The molecule has 2 saturated carbocycles. The number of aryl methyl sites for hydroxylation is 2. The Balaban J connectivity index is 0.997. The van der Waals surface area contributed by atoms with E-state index in [-0.39, 0.29) is 61.8 Å². The van der Waals surface area contributed by atoms with Crippen LogP contribution in [0.3, 0.4) is 0 Å². The molecular formula is C63H78N8O11S. The number of carbonyl (C=O) groups is 6. The van der Waals surface area contributed by atoms with E-state index in [9.17, 15) is 23.7 Å². The molecule has 20 heteroatoms. The second kappa shape index (κ2) is 24.8. The predicted octanol–water partition coefficient (Wildman–Crippen LogP) is 7.86. The molecule has 0 radical (unpaired) electrons. The van der Waals surface area contributed by atoms with Gasteiger partial charge in [0.15, 0.2) is 10.9 Å². The number of hydrazine groups is 1. The van der Waals surface area contributed by atoms with Crippen molar-refractivity contribution in [2.75, 3.05) is 48.0 Å². The highest BCUT2D eigenvalue weighted by Crippen LogP contribution is 2.50. The summed E-state index contributed by atoms with van der Waals surface area (Å²) in [7, 11) is 6.01. The maximum atomic E-state index is 15.3. The summed E-state index contributed by atoms with van der Waals surface area (Å²) >= 11 is -1.57. The number of rotatable bonds is 15. The van der Waals surface area contributed by atoms with Gasteiger partial charge in [-0.3, -0.25) is 34.0 Å². The lowest BCUT2D eigenvalue weighted by atomic mass is 9.84. The molecule has 83 heavy (non-hydrogen) atoms. The van der Waals surface area contributed by atoms with Crippen LogP contribution in [0.1, 0.15) is 108 Å². The summed E-state index contributed by atoms with van der Waals surface area (Å²) in [6.07, 6.45) is 6.61. The third-order valence-electron chi connectivity index (χ3n) is 17.3. The zero-order chi connectivity index (χ0) is 59.0. The lowest BCUT2D eigenvalue weighted by molar-refractivity contribution is -0.155. The monoisotopic (exact) mass is 1150 g/mol. The van der Waals surface area contributed by atoms with Crippen molar-refractivity contribution in [3.8, 4) is 28.1 Å². The van der Waals surface area contributed by atoms with Crippen LogP contribution in [0.25, 0.3) is 33.3 Å². The van der Waals surface area contributed by atoms with Crippen molar-refractivity contribution >= 4 is 58.0 Å². The molecule has 2 aromatic heterocycles. The topological polar surface area (TPSA) is 217 Å². The average Bonchev–Trinajstić information content (AvgIpc) is 2.59. The molecule has 19 nitrogen and oxygen atoms in total. The molecule has 4 fully saturated rings. The largest absolute Gasteiger partial charge is 0.593 e. The third kappa shape index (κ3) is 12.7. The fraction of sp³-hybridized carbons (Fsp3) is 0.508. The molecule has 442 valence electrons. The standard InChI is InChI=1S/C63H78N8O11S/c1-10-69-51-26-23-42-33-47(51)48(56(69)46-17-13-27-64-53(46)38(3)79-8)34-63(4,5)36-81-61(76)49-18-14-28-70(66-49)59(74)50(31-39-29-43(42)32-44(30-39)82-62(77)80-9)65-58(73)55(40-15-11-12-16-40)68(7)52(72)35-67(6)60(75)57-54(41-21-22-41)71(57)83(78)45-24-19-37(2)20-25-45/h13,17,19-20,23-27,29-30,32-33,38,40-41,49-50,54-55,57,66H,10-12,14-16,18,21-22,28,31,34-36H2,1-9H3,(H,65,73)/t38-,49-,50-,54+,55-,57+,71?,83?/m0/s1. The van der Waals surface area contributed by atoms with Gasteiger partial charge in [-0.05, 0) is 148 Å². The molecule has 2 N–H and O–H groups in total. The van der Waals surface area contributed by atoms with Crippen LogP contribution in [0, 0.1) is 24.2 Å². The van der Waals surface area contributed by atoms with Gasteiger partial charge < -0.3 is 43.2 Å². The van der Waals surface area contributed by atoms with Crippen molar-refractivity contribution < 1.29 is 52.3 Å². The van der Waals surface area contributed by atoms with Gasteiger partial charge in [0.1, 0.15) is 23.9 Å². The van der Waals surface area contributed by atoms with Gasteiger partial charge in [-0.25, -0.2) is 10.2 Å². The number of hydrogen-bond acceptors (Lipinski definition) is 14. The Morgan fingerprint density at radius 1 is 0.952 bits per heavy atom. The number of esters is 1. The number of hydrogen-bond donors (Lipinski definition) is 2. The van der Waals surface area contributed by atoms with Crippen LogP contribution < -0.4 is 15.5 Å². The first-order valence-corrected chi connectivity index (χ1v) is 30.3. The minimum atomic E-state index is -1.57. The molecule has 3 aromatic carbocycles. The summed E-state index contributed by atoms with van der Waals surface area (Å²) in [5.41, 5.74) is 10.2. The van der Waals surface area contributed by atoms with Crippen LogP contribution in [0.4, 0.5) is 4.79 Å². The van der Waals surface area contributed by atoms with Gasteiger partial charge in [0.2, 0.25) is 17.7 Å². The first kappa shape index (κ1) is 59.3. The van der Waals surface area contributed by atoms with E-state index >= 15 is 9.59 Å². The normalized spacial score (nSPS) is 22.9. The van der Waals surface area contributed by atoms with E-state index in [0.717, 1.165) is 70.2 Å². The molecular weight excluding hydrogens is 1080 g/mol. The van der Waals surface area contributed by atoms with Gasteiger partial charge >= 0.3 is 12.1 Å². The molecule has 0 spiro atoms. The van der Waals surface area contributed by atoms with E-state index in [2.05, 4.69) is 54.3 Å². The Kier molecular flexibility index (Phi) is 17.7. The maximum Gasteiger partial charge on any atom is 0.513 e. The van der Waals surface area contributed by atoms with Gasteiger partial charge in [-0.2, -0.15) is 0 Å². The molecule has 5 aliphatic rings. The number of ether oxygens (including phenoxy) is 4. The average molecular weight is 1160 g/mol.